The zero-order valence-electron chi connectivity index (χ0n) is 20.4. The van der Waals surface area contributed by atoms with Gasteiger partial charge in [0.15, 0.2) is 0 Å². The normalized spacial score (nSPS) is 24.2. The van der Waals surface area contributed by atoms with Crippen LogP contribution in [0.25, 0.3) is 0 Å². The van der Waals surface area contributed by atoms with Gasteiger partial charge in [-0.2, -0.15) is 0 Å². The van der Waals surface area contributed by atoms with Gasteiger partial charge in [0.1, 0.15) is 5.75 Å². The van der Waals surface area contributed by atoms with E-state index in [0.717, 1.165) is 42.5 Å². The molecule has 2 heterocycles. The lowest BCUT2D eigenvalue weighted by Crippen LogP contribution is -2.31. The summed E-state index contributed by atoms with van der Waals surface area (Å²) in [7, 11) is 0. The second-order valence-corrected chi connectivity index (χ2v) is 10.1. The molecular weight excluding hydrogens is 444 g/mol. The van der Waals surface area contributed by atoms with Crippen molar-refractivity contribution in [2.24, 2.45) is 17.8 Å². The summed E-state index contributed by atoms with van der Waals surface area (Å²) in [5, 5.41) is 0. The Morgan fingerprint density at radius 1 is 0.857 bits per heavy atom. The number of anilines is 2. The van der Waals surface area contributed by atoms with Gasteiger partial charge in [0.05, 0.1) is 23.4 Å². The van der Waals surface area contributed by atoms with Crippen molar-refractivity contribution in [1.82, 2.24) is 0 Å². The zero-order chi connectivity index (χ0) is 24.9. The fraction of sp³-hybridized carbons (Fsp3) is 0.429. The van der Waals surface area contributed by atoms with Crippen LogP contribution in [0, 0.1) is 38.5 Å². The predicted molar refractivity (Wildman–Crippen MR) is 131 cm³/mol. The van der Waals surface area contributed by atoms with Crippen LogP contribution in [0.4, 0.5) is 11.4 Å². The first-order valence-electron chi connectivity index (χ1n) is 12.3. The van der Waals surface area contributed by atoms with Crippen molar-refractivity contribution in [2.75, 3.05) is 16.3 Å². The molecule has 3 fully saturated rings. The molecule has 7 nitrogen and oxygen atoms in total. The van der Waals surface area contributed by atoms with E-state index < -0.39 is 11.9 Å². The molecule has 3 aliphatic rings. The van der Waals surface area contributed by atoms with Crippen LogP contribution in [0.3, 0.4) is 0 Å². The molecule has 1 saturated carbocycles. The number of ether oxygens (including phenoxy) is 1. The summed E-state index contributed by atoms with van der Waals surface area (Å²) < 4.78 is 5.62. The van der Waals surface area contributed by atoms with Crippen molar-refractivity contribution in [3.05, 3.63) is 53.1 Å². The van der Waals surface area contributed by atoms with Gasteiger partial charge in [-0.1, -0.05) is 30.5 Å². The number of hydrogen-bond acceptors (Lipinski definition) is 5. The Kier molecular flexibility index (Phi) is 5.95. The second-order valence-electron chi connectivity index (χ2n) is 10.1. The maximum absolute atomic E-state index is 12.9. The number of carbonyl (C=O) groups is 4. The SMILES string of the molecule is Cc1ccc(N2C[C@H](C(=O)Oc3ccc(N4C(=O)[C@H]5CCCC[C@H]5C4=O)c(C)c3)CC2=O)c(C)c1. The predicted octanol–water partition coefficient (Wildman–Crippen LogP) is 4.25. The smallest absolute Gasteiger partial charge is 0.316 e. The van der Waals surface area contributed by atoms with Gasteiger partial charge in [-0.15, -0.1) is 0 Å². The summed E-state index contributed by atoms with van der Waals surface area (Å²) in [5.74, 6) is -1.46. The molecule has 0 aromatic heterocycles. The molecule has 0 bridgehead atoms. The molecule has 182 valence electrons. The highest BCUT2D eigenvalue weighted by Crippen LogP contribution is 2.41. The number of nitrogens with zero attached hydrogens (tertiary/aromatic N) is 2. The van der Waals surface area contributed by atoms with Gasteiger partial charge in [0.25, 0.3) is 0 Å². The molecule has 5 rings (SSSR count). The molecule has 2 saturated heterocycles. The lowest BCUT2D eigenvalue weighted by Gasteiger charge is -2.20. The number of esters is 1. The van der Waals surface area contributed by atoms with E-state index in [2.05, 4.69) is 0 Å². The molecule has 2 aromatic carbocycles. The maximum Gasteiger partial charge on any atom is 0.316 e. The topological polar surface area (TPSA) is 84.0 Å². The van der Waals surface area contributed by atoms with Gasteiger partial charge >= 0.3 is 5.97 Å². The van der Waals surface area contributed by atoms with E-state index in [-0.39, 0.29) is 42.5 Å². The third-order valence-electron chi connectivity index (χ3n) is 7.57. The van der Waals surface area contributed by atoms with E-state index in [4.69, 9.17) is 4.74 Å². The highest BCUT2D eigenvalue weighted by Gasteiger charge is 2.49. The Hall–Kier alpha value is -3.48. The van der Waals surface area contributed by atoms with Crippen LogP contribution in [0.1, 0.15) is 48.8 Å². The minimum atomic E-state index is -0.562. The zero-order valence-corrected chi connectivity index (χ0v) is 20.4. The van der Waals surface area contributed by atoms with Gasteiger partial charge in [-0.3, -0.25) is 19.2 Å². The molecule has 3 amide bonds. The Morgan fingerprint density at radius 2 is 1.49 bits per heavy atom. The first-order chi connectivity index (χ1) is 16.7. The van der Waals surface area contributed by atoms with Crippen molar-refractivity contribution >= 4 is 35.1 Å². The summed E-state index contributed by atoms with van der Waals surface area (Å²) in [4.78, 5) is 54.4. The molecule has 2 aliphatic heterocycles. The standard InChI is InChI=1S/C28H30N2O5/c1-16-8-10-23(17(2)12-16)29-15-19(14-25(29)31)28(34)35-20-9-11-24(18(3)13-20)30-26(32)21-6-4-5-7-22(21)27(30)33/h8-13,19,21-22H,4-7,14-15H2,1-3H3/t19-,21-,22+/m1/s1. The highest BCUT2D eigenvalue weighted by atomic mass is 16.5. The lowest BCUT2D eigenvalue weighted by molar-refractivity contribution is -0.139. The van der Waals surface area contributed by atoms with E-state index in [1.807, 2.05) is 32.0 Å². The molecule has 0 spiro atoms. The number of rotatable bonds is 4. The summed E-state index contributed by atoms with van der Waals surface area (Å²) in [6.45, 7) is 6.03. The largest absolute Gasteiger partial charge is 0.426 e. The number of benzene rings is 2. The Balaban J connectivity index is 1.28. The summed E-state index contributed by atoms with van der Waals surface area (Å²) in [6.07, 6.45) is 3.58. The molecule has 1 aliphatic carbocycles. The molecule has 3 atom stereocenters. The lowest BCUT2D eigenvalue weighted by atomic mass is 9.81. The molecule has 35 heavy (non-hydrogen) atoms. The van der Waals surface area contributed by atoms with Gasteiger partial charge in [0, 0.05) is 18.7 Å². The molecule has 2 aromatic rings. The van der Waals surface area contributed by atoms with E-state index in [0.29, 0.717) is 17.0 Å². The number of amides is 3. The van der Waals surface area contributed by atoms with Crippen LogP contribution in [-0.2, 0) is 19.2 Å². The van der Waals surface area contributed by atoms with Crippen LogP contribution in [0.2, 0.25) is 0 Å². The first kappa shape index (κ1) is 23.3. The van der Waals surface area contributed by atoms with Crippen molar-refractivity contribution in [1.29, 1.82) is 0 Å². The molecular formula is C28H30N2O5. The first-order valence-corrected chi connectivity index (χ1v) is 12.3. The Labute approximate surface area is 205 Å². The van der Waals surface area contributed by atoms with Gasteiger partial charge in [-0.05, 0) is 69.0 Å². The summed E-state index contributed by atoms with van der Waals surface area (Å²) >= 11 is 0. The average Bonchev–Trinajstić information content (AvgIpc) is 3.32. The van der Waals surface area contributed by atoms with Gasteiger partial charge < -0.3 is 9.64 Å². The van der Waals surface area contributed by atoms with Crippen LogP contribution >= 0.6 is 0 Å². The molecule has 0 unspecified atom stereocenters. The van der Waals surface area contributed by atoms with Crippen LogP contribution in [0.15, 0.2) is 36.4 Å². The number of aryl methyl sites for hydroxylation is 3. The minimum Gasteiger partial charge on any atom is -0.426 e. The van der Waals surface area contributed by atoms with Gasteiger partial charge in [-0.25, -0.2) is 4.90 Å². The summed E-state index contributed by atoms with van der Waals surface area (Å²) in [5.41, 5.74) is 4.16. The van der Waals surface area contributed by atoms with E-state index in [9.17, 15) is 19.2 Å². The Bertz CT molecular complexity index is 1210. The van der Waals surface area contributed by atoms with Crippen LogP contribution < -0.4 is 14.5 Å². The summed E-state index contributed by atoms with van der Waals surface area (Å²) in [6, 6.07) is 10.8. The number of carbonyl (C=O) groups excluding carboxylic acids is 4. The number of hydrogen-bond donors (Lipinski definition) is 0. The van der Waals surface area contributed by atoms with Crippen LogP contribution in [-0.4, -0.2) is 30.2 Å². The van der Waals surface area contributed by atoms with E-state index in [1.54, 1.807) is 30.0 Å². The average molecular weight is 475 g/mol. The Morgan fingerprint density at radius 3 is 2.11 bits per heavy atom. The fourth-order valence-electron chi connectivity index (χ4n) is 5.75. The fourth-order valence-corrected chi connectivity index (χ4v) is 5.75. The molecule has 0 N–H and O–H groups in total. The highest BCUT2D eigenvalue weighted by molar-refractivity contribution is 6.22. The second kappa shape index (κ2) is 8.95. The van der Waals surface area contributed by atoms with Crippen LogP contribution in [0.5, 0.6) is 5.75 Å². The quantitative estimate of drug-likeness (QED) is 0.376. The molecule has 7 heteroatoms. The molecule has 0 radical (unpaired) electrons. The van der Waals surface area contributed by atoms with Crippen molar-refractivity contribution in [3.8, 4) is 5.75 Å². The number of fused-ring (bicyclic) bond motifs is 1. The maximum atomic E-state index is 12.9. The van der Waals surface area contributed by atoms with Gasteiger partial charge in [0.2, 0.25) is 17.7 Å². The van der Waals surface area contributed by atoms with E-state index in [1.165, 1.54) is 4.90 Å². The minimum absolute atomic E-state index is 0.0991. The third kappa shape index (κ3) is 4.13. The third-order valence-corrected chi connectivity index (χ3v) is 7.57. The van der Waals surface area contributed by atoms with Crippen molar-refractivity contribution in [3.63, 3.8) is 0 Å². The van der Waals surface area contributed by atoms with Crippen molar-refractivity contribution in [2.45, 2.75) is 52.9 Å². The monoisotopic (exact) mass is 474 g/mol. The van der Waals surface area contributed by atoms with Crippen molar-refractivity contribution < 1.29 is 23.9 Å². The van der Waals surface area contributed by atoms with E-state index >= 15 is 0 Å². The number of imide groups is 1.